The summed E-state index contributed by atoms with van der Waals surface area (Å²) in [5.74, 6) is -0.962. The van der Waals surface area contributed by atoms with Crippen LogP contribution in [0.1, 0.15) is 30.5 Å². The van der Waals surface area contributed by atoms with Gasteiger partial charge in [0.05, 0.1) is 41.5 Å². The number of Topliss-reactive ketones (excluding diaryl/α,β-unsaturated/α-hetero) is 1. The molecule has 2 aromatic carbocycles. The van der Waals surface area contributed by atoms with Gasteiger partial charge in [-0.15, -0.1) is 0 Å². The van der Waals surface area contributed by atoms with Gasteiger partial charge in [-0.25, -0.2) is 0 Å². The molecule has 2 fully saturated rings. The lowest BCUT2D eigenvalue weighted by atomic mass is 9.95. The van der Waals surface area contributed by atoms with E-state index in [1.54, 1.807) is 42.5 Å². The number of hydrogen-bond donors (Lipinski definition) is 1. The molecule has 0 saturated carbocycles. The highest BCUT2D eigenvalue weighted by Crippen LogP contribution is 2.41. The fourth-order valence-corrected chi connectivity index (χ4v) is 4.60. The van der Waals surface area contributed by atoms with Gasteiger partial charge in [0.2, 0.25) is 0 Å². The van der Waals surface area contributed by atoms with Gasteiger partial charge in [-0.2, -0.15) is 0 Å². The zero-order valence-corrected chi connectivity index (χ0v) is 21.0. The van der Waals surface area contributed by atoms with E-state index in [0.717, 1.165) is 19.5 Å². The van der Waals surface area contributed by atoms with Gasteiger partial charge in [0.15, 0.2) is 0 Å². The minimum Gasteiger partial charge on any atom is -0.507 e. The average molecular weight is 519 g/mol. The van der Waals surface area contributed by atoms with Crippen molar-refractivity contribution in [3.63, 3.8) is 0 Å². The molecule has 0 spiro atoms. The Balaban J connectivity index is 1.70. The summed E-state index contributed by atoms with van der Waals surface area (Å²) in [4.78, 5) is 30.0. The number of carbonyl (C=O) groups excluding carboxylic acids is 2. The van der Waals surface area contributed by atoms with Crippen molar-refractivity contribution >= 4 is 40.7 Å². The molecular weight excluding hydrogens is 491 g/mol. The number of amides is 1. The van der Waals surface area contributed by atoms with Gasteiger partial charge in [0.25, 0.3) is 11.7 Å². The molecule has 2 aromatic rings. The number of benzene rings is 2. The normalized spacial score (nSPS) is 20.4. The monoisotopic (exact) mass is 518 g/mol. The minimum atomic E-state index is -0.790. The van der Waals surface area contributed by atoms with E-state index >= 15 is 0 Å². The van der Waals surface area contributed by atoms with Gasteiger partial charge < -0.3 is 19.5 Å². The van der Waals surface area contributed by atoms with Gasteiger partial charge in [0, 0.05) is 31.7 Å². The molecule has 1 N–H and O–H groups in total. The number of aliphatic hydroxyl groups excluding tert-OH is 1. The molecule has 2 saturated heterocycles. The standard InChI is InChI=1S/C26H28Cl2N2O5/c1-2-13-35-19-6-3-17(4-7-19)24(31)22-23(18-5-8-20(27)21(28)16-18)30(26(33)25(22)32)10-9-29-11-14-34-15-12-29/h3-8,16,23,31H,2,9-15H2,1H3/b24-22+/t23-/m0/s1. The Kier molecular flexibility index (Phi) is 8.34. The molecule has 4 rings (SSSR count). The highest BCUT2D eigenvalue weighted by molar-refractivity contribution is 6.46. The Morgan fingerprint density at radius 2 is 1.77 bits per heavy atom. The van der Waals surface area contributed by atoms with Gasteiger partial charge >= 0.3 is 0 Å². The van der Waals surface area contributed by atoms with E-state index in [1.165, 1.54) is 4.90 Å². The van der Waals surface area contributed by atoms with Crippen molar-refractivity contribution in [2.75, 3.05) is 46.0 Å². The molecule has 1 atom stereocenters. The molecule has 2 aliphatic rings. The Bertz CT molecular complexity index is 1110. The molecular formula is C26H28Cl2N2O5. The van der Waals surface area contributed by atoms with Gasteiger partial charge in [-0.3, -0.25) is 14.5 Å². The molecule has 186 valence electrons. The number of likely N-dealkylation sites (tertiary alicyclic amines) is 1. The first-order valence-corrected chi connectivity index (χ1v) is 12.4. The van der Waals surface area contributed by atoms with Crippen LogP contribution in [0, 0.1) is 0 Å². The summed E-state index contributed by atoms with van der Waals surface area (Å²) < 4.78 is 11.0. The number of morpholine rings is 1. The highest BCUT2D eigenvalue weighted by atomic mass is 35.5. The van der Waals surface area contributed by atoms with Crippen molar-refractivity contribution in [2.45, 2.75) is 19.4 Å². The predicted molar refractivity (Wildman–Crippen MR) is 135 cm³/mol. The van der Waals surface area contributed by atoms with Crippen LogP contribution in [0.25, 0.3) is 5.76 Å². The topological polar surface area (TPSA) is 79.3 Å². The first-order chi connectivity index (χ1) is 16.9. The van der Waals surface area contributed by atoms with E-state index in [2.05, 4.69) is 4.90 Å². The summed E-state index contributed by atoms with van der Waals surface area (Å²) in [6, 6.07) is 11.0. The minimum absolute atomic E-state index is 0.0255. The number of hydrogen-bond acceptors (Lipinski definition) is 6. The van der Waals surface area contributed by atoms with Crippen molar-refractivity contribution < 1.29 is 24.2 Å². The maximum atomic E-state index is 13.2. The van der Waals surface area contributed by atoms with Crippen LogP contribution < -0.4 is 4.74 Å². The second-order valence-corrected chi connectivity index (χ2v) is 9.31. The molecule has 0 bridgehead atoms. The van der Waals surface area contributed by atoms with Crippen molar-refractivity contribution in [3.8, 4) is 5.75 Å². The van der Waals surface area contributed by atoms with Crippen LogP contribution in [0.15, 0.2) is 48.0 Å². The summed E-state index contributed by atoms with van der Waals surface area (Å²) >= 11 is 12.4. The molecule has 0 radical (unpaired) electrons. The Labute approximate surface area is 214 Å². The molecule has 1 amide bonds. The van der Waals surface area contributed by atoms with Crippen LogP contribution in [-0.2, 0) is 14.3 Å². The number of aliphatic hydroxyl groups is 1. The third-order valence-electron chi connectivity index (χ3n) is 6.16. The van der Waals surface area contributed by atoms with Crippen LogP contribution in [0.3, 0.4) is 0 Å². The second kappa shape index (κ2) is 11.4. The van der Waals surface area contributed by atoms with Crippen LogP contribution in [0.5, 0.6) is 5.75 Å². The van der Waals surface area contributed by atoms with E-state index in [0.29, 0.717) is 59.8 Å². The lowest BCUT2D eigenvalue weighted by Crippen LogP contribution is -2.42. The number of ether oxygens (including phenoxy) is 2. The molecule has 9 heteroatoms. The smallest absolute Gasteiger partial charge is 0.295 e. The SMILES string of the molecule is CCCOc1ccc(/C(O)=C2\C(=O)C(=O)N(CCN3CCOCC3)[C@H]2c2ccc(Cl)c(Cl)c2)cc1. The first kappa shape index (κ1) is 25.5. The molecule has 35 heavy (non-hydrogen) atoms. The first-order valence-electron chi connectivity index (χ1n) is 11.7. The Hall–Kier alpha value is -2.58. The number of nitrogens with zero attached hydrogens (tertiary/aromatic N) is 2. The summed E-state index contributed by atoms with van der Waals surface area (Å²) in [6.07, 6.45) is 0.874. The van der Waals surface area contributed by atoms with E-state index in [-0.39, 0.29) is 11.3 Å². The number of halogens is 2. The summed E-state index contributed by atoms with van der Waals surface area (Å²) in [7, 11) is 0. The third kappa shape index (κ3) is 5.64. The fourth-order valence-electron chi connectivity index (χ4n) is 4.30. The van der Waals surface area contributed by atoms with Crippen LogP contribution in [0.2, 0.25) is 10.0 Å². The van der Waals surface area contributed by atoms with Gasteiger partial charge in [-0.05, 0) is 48.4 Å². The predicted octanol–water partition coefficient (Wildman–Crippen LogP) is 4.54. The Morgan fingerprint density at radius 1 is 1.06 bits per heavy atom. The quantitative estimate of drug-likeness (QED) is 0.314. The third-order valence-corrected chi connectivity index (χ3v) is 6.90. The zero-order chi connectivity index (χ0) is 24.9. The highest BCUT2D eigenvalue weighted by Gasteiger charge is 2.46. The summed E-state index contributed by atoms with van der Waals surface area (Å²) in [5, 5.41) is 11.9. The largest absolute Gasteiger partial charge is 0.507 e. The van der Waals surface area contributed by atoms with Crippen LogP contribution in [0.4, 0.5) is 0 Å². The number of carbonyl (C=O) groups is 2. The molecule has 2 heterocycles. The molecule has 0 aromatic heterocycles. The van der Waals surface area contributed by atoms with Crippen LogP contribution in [-0.4, -0.2) is 72.6 Å². The van der Waals surface area contributed by atoms with Gasteiger partial charge in [-0.1, -0.05) is 36.2 Å². The van der Waals surface area contributed by atoms with Crippen molar-refractivity contribution in [2.24, 2.45) is 0 Å². The van der Waals surface area contributed by atoms with Crippen LogP contribution >= 0.6 is 23.2 Å². The van der Waals surface area contributed by atoms with Crippen molar-refractivity contribution in [1.82, 2.24) is 9.80 Å². The maximum Gasteiger partial charge on any atom is 0.295 e. The molecule has 7 nitrogen and oxygen atoms in total. The molecule has 2 aliphatic heterocycles. The fraction of sp³-hybridized carbons (Fsp3) is 0.385. The van der Waals surface area contributed by atoms with Crippen molar-refractivity contribution in [3.05, 3.63) is 69.2 Å². The lowest BCUT2D eigenvalue weighted by molar-refractivity contribution is -0.140. The molecule has 0 aliphatic carbocycles. The maximum absolute atomic E-state index is 13.2. The summed E-state index contributed by atoms with van der Waals surface area (Å²) in [6.45, 7) is 6.27. The van der Waals surface area contributed by atoms with E-state index in [4.69, 9.17) is 32.7 Å². The van der Waals surface area contributed by atoms with Crippen molar-refractivity contribution in [1.29, 1.82) is 0 Å². The Morgan fingerprint density at radius 3 is 2.43 bits per heavy atom. The lowest BCUT2D eigenvalue weighted by Gasteiger charge is -2.31. The van der Waals surface area contributed by atoms with Gasteiger partial charge in [0.1, 0.15) is 11.5 Å². The van der Waals surface area contributed by atoms with E-state index in [9.17, 15) is 14.7 Å². The van der Waals surface area contributed by atoms with E-state index < -0.39 is 17.7 Å². The second-order valence-electron chi connectivity index (χ2n) is 8.49. The number of rotatable bonds is 8. The summed E-state index contributed by atoms with van der Waals surface area (Å²) in [5.41, 5.74) is 1.05. The number of ketones is 1. The van der Waals surface area contributed by atoms with E-state index in [1.807, 2.05) is 6.92 Å². The molecule has 0 unspecified atom stereocenters. The zero-order valence-electron chi connectivity index (χ0n) is 19.5. The average Bonchev–Trinajstić information content (AvgIpc) is 3.13.